The Bertz CT molecular complexity index is 729. The van der Waals surface area contributed by atoms with Gasteiger partial charge in [-0.15, -0.1) is 0 Å². The number of benzene rings is 1. The molecule has 1 aliphatic carbocycles. The first-order valence-electron chi connectivity index (χ1n) is 10.1. The fraction of sp³-hybridized carbons (Fsp3) is 0.667. The van der Waals surface area contributed by atoms with Gasteiger partial charge in [-0.3, -0.25) is 4.79 Å². The normalized spacial score (nSPS) is 20.5. The van der Waals surface area contributed by atoms with Crippen LogP contribution in [0.15, 0.2) is 24.3 Å². The minimum Gasteiger partial charge on any atom is -0.349 e. The second-order valence-electron chi connectivity index (χ2n) is 8.24. The monoisotopic (exact) mass is 392 g/mol. The zero-order valence-corrected chi connectivity index (χ0v) is 17.4. The van der Waals surface area contributed by atoms with Gasteiger partial charge in [0.1, 0.15) is 0 Å². The van der Waals surface area contributed by atoms with Crippen LogP contribution in [-0.2, 0) is 20.6 Å². The summed E-state index contributed by atoms with van der Waals surface area (Å²) >= 11 is 0. The summed E-state index contributed by atoms with van der Waals surface area (Å²) in [5, 5.41) is 0. The fourth-order valence-electron chi connectivity index (χ4n) is 4.37. The quantitative estimate of drug-likeness (QED) is 0.772. The summed E-state index contributed by atoms with van der Waals surface area (Å²) in [7, 11) is 0.170. The lowest BCUT2D eigenvalue weighted by molar-refractivity contribution is -0.134. The summed E-state index contributed by atoms with van der Waals surface area (Å²) in [6.45, 7) is 0.874. The van der Waals surface area contributed by atoms with Gasteiger partial charge in [0.25, 0.3) is 0 Å². The van der Waals surface area contributed by atoms with E-state index in [4.69, 9.17) is 0 Å². The topological polar surface area (TPSA) is 57.7 Å². The number of sulfonamides is 1. The average molecular weight is 393 g/mol. The minimum atomic E-state index is -3.34. The van der Waals surface area contributed by atoms with Crippen LogP contribution < -0.4 is 0 Å². The van der Waals surface area contributed by atoms with Crippen molar-refractivity contribution in [3.63, 3.8) is 0 Å². The first-order chi connectivity index (χ1) is 12.9. The van der Waals surface area contributed by atoms with Crippen LogP contribution in [0.25, 0.3) is 0 Å². The molecule has 1 aromatic carbocycles. The molecule has 3 rings (SSSR count). The largest absolute Gasteiger partial charge is 0.349 e. The Hall–Kier alpha value is -1.40. The minimum absolute atomic E-state index is 0.0459. The molecule has 0 spiro atoms. The van der Waals surface area contributed by atoms with E-state index in [1.54, 1.807) is 23.3 Å². The van der Waals surface area contributed by atoms with Crippen molar-refractivity contribution in [3.8, 4) is 0 Å². The molecule has 1 saturated carbocycles. The number of amides is 1. The van der Waals surface area contributed by atoms with Crippen molar-refractivity contribution in [2.75, 3.05) is 27.2 Å². The van der Waals surface area contributed by atoms with Crippen molar-refractivity contribution in [3.05, 3.63) is 35.4 Å². The van der Waals surface area contributed by atoms with E-state index < -0.39 is 10.0 Å². The second-order valence-corrected chi connectivity index (χ2v) is 10.2. The van der Waals surface area contributed by atoms with Gasteiger partial charge >= 0.3 is 0 Å². The van der Waals surface area contributed by atoms with E-state index >= 15 is 0 Å². The Balaban J connectivity index is 1.57. The summed E-state index contributed by atoms with van der Waals surface area (Å²) in [6.07, 6.45) is 7.65. The van der Waals surface area contributed by atoms with Gasteiger partial charge in [0.2, 0.25) is 15.9 Å². The van der Waals surface area contributed by atoms with Gasteiger partial charge in [0.05, 0.1) is 5.75 Å². The van der Waals surface area contributed by atoms with Crippen LogP contribution in [0.5, 0.6) is 0 Å². The lowest BCUT2D eigenvalue weighted by Gasteiger charge is -2.31. The van der Waals surface area contributed by atoms with Gasteiger partial charge in [0, 0.05) is 33.1 Å². The smallest absolute Gasteiger partial charge is 0.225 e. The zero-order valence-electron chi connectivity index (χ0n) is 16.6. The lowest BCUT2D eigenvalue weighted by Crippen LogP contribution is -2.43. The Morgan fingerprint density at radius 3 is 2.15 bits per heavy atom. The maximum Gasteiger partial charge on any atom is 0.225 e. The Labute approximate surface area is 163 Å². The maximum absolute atomic E-state index is 12.8. The van der Waals surface area contributed by atoms with E-state index in [0.717, 1.165) is 5.56 Å². The molecular formula is C21H32N2O3S. The van der Waals surface area contributed by atoms with E-state index in [1.807, 2.05) is 12.1 Å². The lowest BCUT2D eigenvalue weighted by atomic mass is 9.84. The third-order valence-electron chi connectivity index (χ3n) is 6.04. The van der Waals surface area contributed by atoms with Gasteiger partial charge in [-0.25, -0.2) is 12.7 Å². The first kappa shape index (κ1) is 20.3. The number of piperidine rings is 1. The third kappa shape index (κ3) is 5.11. The average Bonchev–Trinajstić information content (AvgIpc) is 2.68. The van der Waals surface area contributed by atoms with Crippen LogP contribution in [0.4, 0.5) is 0 Å². The van der Waals surface area contributed by atoms with E-state index in [2.05, 4.69) is 12.1 Å². The van der Waals surface area contributed by atoms with Crippen LogP contribution in [-0.4, -0.2) is 50.7 Å². The number of rotatable bonds is 5. The predicted octanol–water partition coefficient (Wildman–Crippen LogP) is 3.36. The van der Waals surface area contributed by atoms with Gasteiger partial charge in [-0.2, -0.15) is 0 Å². The van der Waals surface area contributed by atoms with E-state index in [1.165, 1.54) is 37.7 Å². The van der Waals surface area contributed by atoms with Crippen molar-refractivity contribution in [2.24, 2.45) is 5.92 Å². The van der Waals surface area contributed by atoms with Crippen LogP contribution in [0.3, 0.4) is 0 Å². The molecule has 0 radical (unpaired) electrons. The Morgan fingerprint density at radius 1 is 1.00 bits per heavy atom. The highest BCUT2D eigenvalue weighted by atomic mass is 32.2. The van der Waals surface area contributed by atoms with Crippen LogP contribution in [0.2, 0.25) is 0 Å². The molecule has 0 aromatic heterocycles. The van der Waals surface area contributed by atoms with Crippen LogP contribution >= 0.6 is 0 Å². The summed E-state index contributed by atoms with van der Waals surface area (Å²) in [5.41, 5.74) is 2.19. The van der Waals surface area contributed by atoms with E-state index in [-0.39, 0.29) is 17.6 Å². The molecule has 0 N–H and O–H groups in total. The molecule has 1 aromatic rings. The fourth-order valence-corrected chi connectivity index (χ4v) is 5.93. The highest BCUT2D eigenvalue weighted by Gasteiger charge is 2.31. The van der Waals surface area contributed by atoms with Crippen molar-refractivity contribution in [1.82, 2.24) is 9.21 Å². The summed E-state index contributed by atoms with van der Waals surface area (Å²) in [5.74, 6) is 0.730. The Kier molecular flexibility index (Phi) is 6.58. The van der Waals surface area contributed by atoms with E-state index in [9.17, 15) is 13.2 Å². The summed E-state index contributed by atoms with van der Waals surface area (Å²) < 4.78 is 27.1. The molecule has 1 heterocycles. The highest BCUT2D eigenvalue weighted by molar-refractivity contribution is 7.88. The van der Waals surface area contributed by atoms with Crippen molar-refractivity contribution in [2.45, 2.75) is 56.6 Å². The molecule has 6 heteroatoms. The molecule has 1 amide bonds. The van der Waals surface area contributed by atoms with Crippen LogP contribution in [0.1, 0.15) is 62.0 Å². The molecule has 2 aliphatic rings. The molecule has 150 valence electrons. The third-order valence-corrected chi connectivity index (χ3v) is 7.89. The molecule has 5 nitrogen and oxygen atoms in total. The molecule has 2 fully saturated rings. The molecular weight excluding hydrogens is 360 g/mol. The van der Waals surface area contributed by atoms with Gasteiger partial charge in [-0.1, -0.05) is 43.5 Å². The number of carbonyl (C=O) groups excluding carboxylic acids is 1. The number of nitrogens with zero attached hydrogens (tertiary/aromatic N) is 2. The molecule has 1 aliphatic heterocycles. The number of carbonyl (C=O) groups is 1. The molecule has 0 unspecified atom stereocenters. The molecule has 1 saturated heterocycles. The van der Waals surface area contributed by atoms with Gasteiger partial charge in [-0.05, 0) is 42.7 Å². The van der Waals surface area contributed by atoms with Gasteiger partial charge < -0.3 is 4.90 Å². The summed E-state index contributed by atoms with van der Waals surface area (Å²) in [4.78, 5) is 13.7. The second kappa shape index (κ2) is 8.74. The molecule has 27 heavy (non-hydrogen) atoms. The summed E-state index contributed by atoms with van der Waals surface area (Å²) in [6, 6.07) is 8.18. The SMILES string of the molecule is CN(C)C(=O)C1CCN(S(=O)(=O)Cc2ccc(C3CCCCC3)cc2)CC1. The van der Waals surface area contributed by atoms with Gasteiger partial charge in [0.15, 0.2) is 0 Å². The van der Waals surface area contributed by atoms with Crippen molar-refractivity contribution < 1.29 is 13.2 Å². The predicted molar refractivity (Wildman–Crippen MR) is 108 cm³/mol. The maximum atomic E-state index is 12.8. The standard InChI is InChI=1S/C21H32N2O3S/c1-22(2)21(24)20-12-14-23(15-13-20)27(25,26)16-17-8-10-19(11-9-17)18-6-4-3-5-7-18/h8-11,18,20H,3-7,12-16H2,1-2H3. The molecule has 0 bridgehead atoms. The first-order valence-corrected chi connectivity index (χ1v) is 11.8. The highest BCUT2D eigenvalue weighted by Crippen LogP contribution is 2.32. The number of hydrogen-bond acceptors (Lipinski definition) is 3. The van der Waals surface area contributed by atoms with Crippen molar-refractivity contribution >= 4 is 15.9 Å². The zero-order chi connectivity index (χ0) is 19.4. The van der Waals surface area contributed by atoms with E-state index in [0.29, 0.717) is 31.8 Å². The van der Waals surface area contributed by atoms with Crippen LogP contribution in [0, 0.1) is 5.92 Å². The van der Waals surface area contributed by atoms with Crippen molar-refractivity contribution in [1.29, 1.82) is 0 Å². The molecule has 0 atom stereocenters. The number of hydrogen-bond donors (Lipinski definition) is 0. The Morgan fingerprint density at radius 2 is 1.59 bits per heavy atom.